The van der Waals surface area contributed by atoms with Gasteiger partial charge in [-0.25, -0.2) is 0 Å². The van der Waals surface area contributed by atoms with Crippen molar-refractivity contribution in [1.82, 2.24) is 0 Å². The summed E-state index contributed by atoms with van der Waals surface area (Å²) < 4.78 is 77.3. The van der Waals surface area contributed by atoms with E-state index in [2.05, 4.69) is 0 Å². The Balaban J connectivity index is 2.61. The molecule has 1 heterocycles. The molecule has 1 rings (SSSR count). The molecule has 0 radical (unpaired) electrons. The van der Waals surface area contributed by atoms with Gasteiger partial charge in [0.1, 0.15) is 0 Å². The van der Waals surface area contributed by atoms with Crippen LogP contribution in [0.1, 0.15) is 13.8 Å². The maximum Gasteiger partial charge on any atom is 0.264 e. The molecule has 0 aromatic carbocycles. The van der Waals surface area contributed by atoms with Gasteiger partial charge in [0, 0.05) is 10.8 Å². The van der Waals surface area contributed by atoms with Crippen LogP contribution in [0.15, 0.2) is 0 Å². The second-order valence-electron chi connectivity index (χ2n) is 7.76. The second kappa shape index (κ2) is 11.2. The Morgan fingerprint density at radius 2 is 0.893 bits per heavy atom. The molecule has 0 atom stereocenters. The average Bonchev–Trinajstić information content (AvgIpc) is 2.56. The van der Waals surface area contributed by atoms with Crippen molar-refractivity contribution in [1.29, 1.82) is 0 Å². The number of rotatable bonds is 6. The summed E-state index contributed by atoms with van der Waals surface area (Å²) in [6, 6.07) is 0. The van der Waals surface area contributed by atoms with Gasteiger partial charge < -0.3 is 18.9 Å². The zero-order chi connectivity index (χ0) is 21.3. The molecule has 10 nitrogen and oxygen atoms in total. The zero-order valence-corrected chi connectivity index (χ0v) is 18.6. The fourth-order valence-electron chi connectivity index (χ4n) is 2.26. The first-order valence-electron chi connectivity index (χ1n) is 8.82. The summed E-state index contributed by atoms with van der Waals surface area (Å²) in [6.45, 7) is 5.50. The molecule has 1 aliphatic rings. The van der Waals surface area contributed by atoms with E-state index in [9.17, 15) is 16.8 Å². The molecule has 12 heteroatoms. The Morgan fingerprint density at radius 1 is 0.643 bits per heavy atom. The summed E-state index contributed by atoms with van der Waals surface area (Å²) in [5.41, 5.74) is -1.30. The Kier molecular flexibility index (Phi) is 10.2. The second-order valence-corrected chi connectivity index (χ2v) is 11.1. The molecule has 168 valence electrons. The van der Waals surface area contributed by atoms with Crippen LogP contribution in [0.5, 0.6) is 0 Å². The molecule has 0 spiro atoms. The van der Waals surface area contributed by atoms with E-state index in [1.54, 1.807) is 0 Å². The van der Waals surface area contributed by atoms with Crippen molar-refractivity contribution >= 4 is 20.2 Å². The first-order chi connectivity index (χ1) is 12.8. The van der Waals surface area contributed by atoms with Crippen LogP contribution < -0.4 is 0 Å². The fraction of sp³-hybridized carbons (Fsp3) is 1.00. The van der Waals surface area contributed by atoms with E-state index < -0.39 is 31.1 Å². The van der Waals surface area contributed by atoms with Crippen LogP contribution in [-0.2, 0) is 47.5 Å². The summed E-state index contributed by atoms with van der Waals surface area (Å²) in [6.07, 6.45) is 1.99. The van der Waals surface area contributed by atoms with E-state index in [1.807, 2.05) is 13.8 Å². The monoisotopic (exact) mass is 448 g/mol. The third kappa shape index (κ3) is 12.3. The summed E-state index contributed by atoms with van der Waals surface area (Å²) in [5.74, 6) is 0. The highest BCUT2D eigenvalue weighted by atomic mass is 32.2. The zero-order valence-electron chi connectivity index (χ0n) is 17.0. The lowest BCUT2D eigenvalue weighted by molar-refractivity contribution is -0.0874. The third-order valence-corrected chi connectivity index (χ3v) is 4.88. The van der Waals surface area contributed by atoms with Crippen LogP contribution in [0.25, 0.3) is 0 Å². The van der Waals surface area contributed by atoms with Gasteiger partial charge in [-0.2, -0.15) is 16.8 Å². The van der Waals surface area contributed by atoms with Crippen LogP contribution in [0.3, 0.4) is 0 Å². The fourth-order valence-corrected chi connectivity index (χ4v) is 3.26. The molecule has 0 N–H and O–H groups in total. The van der Waals surface area contributed by atoms with Crippen molar-refractivity contribution in [3.63, 3.8) is 0 Å². The highest BCUT2D eigenvalue weighted by Crippen LogP contribution is 2.21. The minimum Gasteiger partial charge on any atom is -0.378 e. The van der Waals surface area contributed by atoms with Crippen molar-refractivity contribution in [3.8, 4) is 0 Å². The first-order valence-corrected chi connectivity index (χ1v) is 12.5. The molecular formula is C16H32O10S2. The molecule has 0 aliphatic carbocycles. The van der Waals surface area contributed by atoms with E-state index in [4.69, 9.17) is 27.3 Å². The summed E-state index contributed by atoms with van der Waals surface area (Å²) in [4.78, 5) is 0. The quantitative estimate of drug-likeness (QED) is 0.514. The largest absolute Gasteiger partial charge is 0.378 e. The van der Waals surface area contributed by atoms with Gasteiger partial charge in [-0.1, -0.05) is 13.8 Å². The molecule has 0 saturated carbocycles. The van der Waals surface area contributed by atoms with Crippen molar-refractivity contribution in [2.24, 2.45) is 10.8 Å². The molecule has 1 fully saturated rings. The van der Waals surface area contributed by atoms with Crippen LogP contribution in [0, 0.1) is 10.8 Å². The SMILES string of the molecule is CC1(COS(C)(=O)=O)COCCOCC(C)(COS(C)(=O)=O)COCCOC1. The van der Waals surface area contributed by atoms with Gasteiger partial charge in [0.15, 0.2) is 0 Å². The summed E-state index contributed by atoms with van der Waals surface area (Å²) in [5, 5.41) is 0. The first kappa shape index (κ1) is 25.7. The minimum atomic E-state index is -3.57. The Labute approximate surface area is 168 Å². The van der Waals surface area contributed by atoms with E-state index in [0.717, 1.165) is 12.5 Å². The number of hydrogen-bond donors (Lipinski definition) is 0. The maximum atomic E-state index is 11.3. The summed E-state index contributed by atoms with van der Waals surface area (Å²) >= 11 is 0. The normalized spacial score (nSPS) is 29.9. The predicted octanol–water partition coefficient (Wildman–Crippen LogP) is 0.0314. The molecule has 0 unspecified atom stereocenters. The van der Waals surface area contributed by atoms with Crippen molar-refractivity contribution in [2.75, 3.05) is 78.6 Å². The van der Waals surface area contributed by atoms with Crippen molar-refractivity contribution in [3.05, 3.63) is 0 Å². The highest BCUT2D eigenvalue weighted by molar-refractivity contribution is 7.86. The van der Waals surface area contributed by atoms with Gasteiger partial charge in [0.25, 0.3) is 20.2 Å². The Morgan fingerprint density at radius 3 is 1.11 bits per heavy atom. The van der Waals surface area contributed by atoms with Gasteiger partial charge in [0.2, 0.25) is 0 Å². The van der Waals surface area contributed by atoms with Gasteiger partial charge in [-0.05, 0) is 0 Å². The molecule has 0 bridgehead atoms. The van der Waals surface area contributed by atoms with Gasteiger partial charge in [-0.15, -0.1) is 0 Å². The van der Waals surface area contributed by atoms with E-state index in [0.29, 0.717) is 0 Å². The van der Waals surface area contributed by atoms with Gasteiger partial charge in [-0.3, -0.25) is 8.37 Å². The van der Waals surface area contributed by atoms with E-state index in [1.165, 1.54) is 0 Å². The lowest BCUT2D eigenvalue weighted by atomic mass is 9.94. The van der Waals surface area contributed by atoms with Crippen LogP contribution in [0.4, 0.5) is 0 Å². The molecule has 28 heavy (non-hydrogen) atoms. The number of ether oxygens (including phenoxy) is 4. The molecule has 1 saturated heterocycles. The smallest absolute Gasteiger partial charge is 0.264 e. The predicted molar refractivity (Wildman–Crippen MR) is 101 cm³/mol. The molecule has 1 aliphatic heterocycles. The standard InChI is InChI=1S/C16H32O10S2/c1-15(13-25-27(3,17)18)9-21-5-7-23-11-16(2,14-26-28(4,19)20)12-24-8-6-22-10-15/h5-14H2,1-4H3. The van der Waals surface area contributed by atoms with Crippen LogP contribution in [0.2, 0.25) is 0 Å². The van der Waals surface area contributed by atoms with Crippen molar-refractivity contribution in [2.45, 2.75) is 13.8 Å². The molecular weight excluding hydrogens is 416 g/mol. The van der Waals surface area contributed by atoms with Crippen molar-refractivity contribution < 1.29 is 44.1 Å². The average molecular weight is 449 g/mol. The highest BCUT2D eigenvalue weighted by Gasteiger charge is 2.30. The van der Waals surface area contributed by atoms with E-state index >= 15 is 0 Å². The molecule has 0 aromatic heterocycles. The Hall–Kier alpha value is -0.340. The maximum absolute atomic E-state index is 11.3. The third-order valence-electron chi connectivity index (χ3n) is 3.79. The van der Waals surface area contributed by atoms with Crippen LogP contribution >= 0.6 is 0 Å². The van der Waals surface area contributed by atoms with E-state index in [-0.39, 0.29) is 66.1 Å². The lowest BCUT2D eigenvalue weighted by Crippen LogP contribution is -2.38. The van der Waals surface area contributed by atoms with Gasteiger partial charge in [0.05, 0.1) is 78.6 Å². The van der Waals surface area contributed by atoms with Crippen LogP contribution in [-0.4, -0.2) is 95.4 Å². The minimum absolute atomic E-state index is 0.0611. The number of hydrogen-bond acceptors (Lipinski definition) is 10. The molecule has 0 amide bonds. The Bertz CT molecular complexity index is 585. The molecule has 0 aromatic rings. The topological polar surface area (TPSA) is 124 Å². The summed E-state index contributed by atoms with van der Waals surface area (Å²) in [7, 11) is -7.13. The van der Waals surface area contributed by atoms with Gasteiger partial charge >= 0.3 is 0 Å². The lowest BCUT2D eigenvalue weighted by Gasteiger charge is -2.30.